The molecule has 96 valence electrons. The highest BCUT2D eigenvalue weighted by Crippen LogP contribution is 2.30. The topological polar surface area (TPSA) is 41.3 Å². The average Bonchev–Trinajstić information content (AvgIpc) is 2.83. The van der Waals surface area contributed by atoms with E-state index in [1.165, 1.54) is 0 Å². The molecule has 0 amide bonds. The van der Waals surface area contributed by atoms with Gasteiger partial charge in [-0.15, -0.1) is 0 Å². The molecule has 0 radical (unpaired) electrons. The fraction of sp³-hybridized carbons (Fsp3) is 0.462. The van der Waals surface area contributed by atoms with Crippen LogP contribution in [0.4, 0.5) is 5.69 Å². The number of hydrogen-bond acceptors (Lipinski definition) is 4. The van der Waals surface area contributed by atoms with Gasteiger partial charge in [-0.3, -0.25) is 0 Å². The van der Waals surface area contributed by atoms with Gasteiger partial charge in [0.1, 0.15) is 5.52 Å². The zero-order chi connectivity index (χ0) is 12.5. The summed E-state index contributed by atoms with van der Waals surface area (Å²) in [6.07, 6.45) is 0.786. The van der Waals surface area contributed by atoms with Crippen molar-refractivity contribution in [1.29, 1.82) is 0 Å². The Bertz CT molecular complexity index is 561. The molecule has 0 bridgehead atoms. The number of aromatic nitrogens is 1. The van der Waals surface area contributed by atoms with E-state index in [4.69, 9.17) is 16.0 Å². The predicted molar refractivity (Wildman–Crippen MR) is 73.5 cm³/mol. The normalized spacial score (nSPS) is 16.4. The van der Waals surface area contributed by atoms with E-state index in [9.17, 15) is 0 Å². The first-order valence-corrected chi connectivity index (χ1v) is 6.70. The fourth-order valence-electron chi connectivity index (χ4n) is 2.28. The summed E-state index contributed by atoms with van der Waals surface area (Å²) >= 11 is 6.28. The van der Waals surface area contributed by atoms with Gasteiger partial charge in [-0.1, -0.05) is 18.5 Å². The van der Waals surface area contributed by atoms with Crippen LogP contribution in [0.2, 0.25) is 5.02 Å². The van der Waals surface area contributed by atoms with E-state index in [-0.39, 0.29) is 0 Å². The van der Waals surface area contributed by atoms with Gasteiger partial charge >= 0.3 is 0 Å². The molecule has 1 N–H and O–H groups in total. The number of fused-ring (bicyclic) bond motifs is 1. The van der Waals surface area contributed by atoms with Crippen molar-refractivity contribution in [1.82, 2.24) is 10.3 Å². The van der Waals surface area contributed by atoms with Crippen molar-refractivity contribution in [3.05, 3.63) is 23.0 Å². The molecule has 1 aromatic heterocycles. The maximum atomic E-state index is 6.28. The summed E-state index contributed by atoms with van der Waals surface area (Å²) in [6.45, 7) is 6.04. The van der Waals surface area contributed by atoms with Crippen molar-refractivity contribution < 1.29 is 4.42 Å². The van der Waals surface area contributed by atoms with Crippen LogP contribution in [-0.2, 0) is 6.42 Å². The lowest BCUT2D eigenvalue weighted by atomic mass is 10.2. The molecule has 1 fully saturated rings. The van der Waals surface area contributed by atoms with Crippen LogP contribution >= 0.6 is 11.6 Å². The van der Waals surface area contributed by atoms with Crippen LogP contribution in [0.3, 0.4) is 0 Å². The van der Waals surface area contributed by atoms with Gasteiger partial charge in [0, 0.05) is 38.3 Å². The van der Waals surface area contributed by atoms with Crippen molar-refractivity contribution in [3.8, 4) is 0 Å². The Balaban J connectivity index is 2.02. The molecule has 4 nitrogen and oxygen atoms in total. The number of hydrogen-bond donors (Lipinski definition) is 1. The molecule has 3 rings (SSSR count). The number of anilines is 1. The lowest BCUT2D eigenvalue weighted by Crippen LogP contribution is -2.43. The van der Waals surface area contributed by atoms with Crippen molar-refractivity contribution in [2.24, 2.45) is 0 Å². The third-order valence-corrected chi connectivity index (χ3v) is 3.54. The number of piperazine rings is 1. The molecule has 18 heavy (non-hydrogen) atoms. The Labute approximate surface area is 111 Å². The summed E-state index contributed by atoms with van der Waals surface area (Å²) in [4.78, 5) is 6.78. The quantitative estimate of drug-likeness (QED) is 0.906. The zero-order valence-corrected chi connectivity index (χ0v) is 11.1. The first-order chi connectivity index (χ1) is 8.78. The number of nitrogens with one attached hydrogen (secondary N) is 1. The highest BCUT2D eigenvalue weighted by molar-refractivity contribution is 6.35. The second-order valence-electron chi connectivity index (χ2n) is 4.47. The molecule has 0 aliphatic carbocycles. The van der Waals surface area contributed by atoms with Crippen LogP contribution in [0.25, 0.3) is 11.1 Å². The number of benzene rings is 1. The summed E-state index contributed by atoms with van der Waals surface area (Å²) in [6, 6.07) is 4.04. The van der Waals surface area contributed by atoms with Gasteiger partial charge in [0.25, 0.3) is 0 Å². The molecule has 0 spiro atoms. The SMILES string of the molecule is CCc1nc2cc(N3CCNCC3)cc(Cl)c2o1. The van der Waals surface area contributed by atoms with Crippen LogP contribution in [-0.4, -0.2) is 31.2 Å². The Hall–Kier alpha value is -1.26. The number of nitrogens with zero attached hydrogens (tertiary/aromatic N) is 2. The third kappa shape index (κ3) is 2.06. The maximum absolute atomic E-state index is 6.28. The Morgan fingerprint density at radius 3 is 2.89 bits per heavy atom. The van der Waals surface area contributed by atoms with Crippen molar-refractivity contribution in [3.63, 3.8) is 0 Å². The van der Waals surface area contributed by atoms with Gasteiger partial charge in [0.2, 0.25) is 0 Å². The van der Waals surface area contributed by atoms with E-state index >= 15 is 0 Å². The van der Waals surface area contributed by atoms with Gasteiger partial charge in [-0.25, -0.2) is 4.98 Å². The molecule has 1 saturated heterocycles. The third-order valence-electron chi connectivity index (χ3n) is 3.26. The van der Waals surface area contributed by atoms with Crippen LogP contribution in [0, 0.1) is 0 Å². The number of halogens is 1. The lowest BCUT2D eigenvalue weighted by Gasteiger charge is -2.29. The number of oxazole rings is 1. The molecular formula is C13H16ClN3O. The standard InChI is InChI=1S/C13H16ClN3O/c1-2-12-16-11-8-9(7-10(14)13(11)18-12)17-5-3-15-4-6-17/h7-8,15H,2-6H2,1H3. The first kappa shape index (κ1) is 11.8. The highest BCUT2D eigenvalue weighted by Gasteiger charge is 2.15. The van der Waals surface area contributed by atoms with E-state index in [1.807, 2.05) is 13.0 Å². The highest BCUT2D eigenvalue weighted by atomic mass is 35.5. The summed E-state index contributed by atoms with van der Waals surface area (Å²) in [7, 11) is 0. The Morgan fingerprint density at radius 1 is 1.39 bits per heavy atom. The van der Waals surface area contributed by atoms with Crippen LogP contribution < -0.4 is 10.2 Å². The summed E-state index contributed by atoms with van der Waals surface area (Å²) in [5, 5.41) is 3.99. The number of aryl methyl sites for hydroxylation is 1. The molecule has 2 heterocycles. The minimum atomic E-state index is 0.647. The molecule has 1 aromatic carbocycles. The second-order valence-corrected chi connectivity index (χ2v) is 4.88. The van der Waals surface area contributed by atoms with E-state index in [2.05, 4.69) is 21.3 Å². The minimum Gasteiger partial charge on any atom is -0.439 e. The van der Waals surface area contributed by atoms with Crippen LogP contribution in [0.1, 0.15) is 12.8 Å². The summed E-state index contributed by atoms with van der Waals surface area (Å²) < 4.78 is 5.62. The molecular weight excluding hydrogens is 250 g/mol. The monoisotopic (exact) mass is 265 g/mol. The average molecular weight is 266 g/mol. The lowest BCUT2D eigenvalue weighted by molar-refractivity contribution is 0.538. The van der Waals surface area contributed by atoms with Crippen LogP contribution in [0.15, 0.2) is 16.5 Å². The van der Waals surface area contributed by atoms with Crippen molar-refractivity contribution >= 4 is 28.4 Å². The van der Waals surface area contributed by atoms with E-state index in [0.29, 0.717) is 10.6 Å². The molecule has 1 aliphatic rings. The molecule has 1 aliphatic heterocycles. The van der Waals surface area contributed by atoms with E-state index in [0.717, 1.165) is 49.7 Å². The summed E-state index contributed by atoms with van der Waals surface area (Å²) in [5.74, 6) is 0.740. The van der Waals surface area contributed by atoms with Crippen molar-refractivity contribution in [2.45, 2.75) is 13.3 Å². The molecule has 0 atom stereocenters. The Morgan fingerprint density at radius 2 is 2.17 bits per heavy atom. The Kier molecular flexibility index (Phi) is 3.14. The predicted octanol–water partition coefficient (Wildman–Crippen LogP) is 2.45. The molecule has 5 heteroatoms. The van der Waals surface area contributed by atoms with Gasteiger partial charge in [0.05, 0.1) is 5.02 Å². The van der Waals surface area contributed by atoms with Crippen molar-refractivity contribution in [2.75, 3.05) is 31.1 Å². The zero-order valence-electron chi connectivity index (χ0n) is 10.4. The minimum absolute atomic E-state index is 0.647. The summed E-state index contributed by atoms with van der Waals surface area (Å²) in [5.41, 5.74) is 2.69. The smallest absolute Gasteiger partial charge is 0.195 e. The molecule has 0 unspecified atom stereocenters. The van der Waals surface area contributed by atoms with E-state index < -0.39 is 0 Å². The van der Waals surface area contributed by atoms with Gasteiger partial charge in [-0.2, -0.15) is 0 Å². The largest absolute Gasteiger partial charge is 0.439 e. The van der Waals surface area contributed by atoms with Gasteiger partial charge in [0.15, 0.2) is 11.5 Å². The molecule has 2 aromatic rings. The molecule has 0 saturated carbocycles. The second kappa shape index (κ2) is 4.78. The van der Waals surface area contributed by atoms with Gasteiger partial charge in [-0.05, 0) is 12.1 Å². The van der Waals surface area contributed by atoms with E-state index in [1.54, 1.807) is 0 Å². The fourth-order valence-corrected chi connectivity index (χ4v) is 2.53. The maximum Gasteiger partial charge on any atom is 0.195 e. The number of rotatable bonds is 2. The van der Waals surface area contributed by atoms with Crippen LogP contribution in [0.5, 0.6) is 0 Å². The first-order valence-electron chi connectivity index (χ1n) is 6.32. The van der Waals surface area contributed by atoms with Gasteiger partial charge < -0.3 is 14.6 Å².